The molecule has 1 aliphatic rings. The van der Waals surface area contributed by atoms with Gasteiger partial charge in [-0.3, -0.25) is 4.79 Å². The van der Waals surface area contributed by atoms with Crippen LogP contribution in [0, 0.1) is 0 Å². The average molecular weight is 173 g/mol. The number of carbonyl (C=O) groups is 1. The number of hydrogen-bond donors (Lipinski definition) is 2. The standard InChI is InChI=1S/C6H11N3OS/c1-2-8-5(10)4-3-11-6(7)9-4/h4H,2-3H2,1H3,(H2,7,9)(H,8,10). The van der Waals surface area contributed by atoms with Crippen molar-refractivity contribution in [2.45, 2.75) is 13.0 Å². The molecule has 11 heavy (non-hydrogen) atoms. The molecule has 0 fully saturated rings. The van der Waals surface area contributed by atoms with Gasteiger partial charge in [-0.05, 0) is 6.92 Å². The molecule has 1 heterocycles. The van der Waals surface area contributed by atoms with E-state index in [1.165, 1.54) is 11.8 Å². The highest BCUT2D eigenvalue weighted by atomic mass is 32.2. The Morgan fingerprint density at radius 3 is 3.18 bits per heavy atom. The van der Waals surface area contributed by atoms with Crippen LogP contribution in [0.3, 0.4) is 0 Å². The number of amidine groups is 1. The second kappa shape index (κ2) is 3.61. The lowest BCUT2D eigenvalue weighted by Crippen LogP contribution is -2.33. The van der Waals surface area contributed by atoms with Gasteiger partial charge in [0.1, 0.15) is 6.04 Å². The highest BCUT2D eigenvalue weighted by Crippen LogP contribution is 2.14. The summed E-state index contributed by atoms with van der Waals surface area (Å²) in [6.45, 7) is 2.53. The molecule has 0 aliphatic carbocycles. The second-order valence-electron chi connectivity index (χ2n) is 2.19. The van der Waals surface area contributed by atoms with Gasteiger partial charge in [-0.15, -0.1) is 0 Å². The molecule has 0 bridgehead atoms. The average Bonchev–Trinajstić information content (AvgIpc) is 2.36. The first-order valence-electron chi connectivity index (χ1n) is 3.47. The molecule has 1 rings (SSSR count). The first kappa shape index (κ1) is 8.39. The summed E-state index contributed by atoms with van der Waals surface area (Å²) < 4.78 is 0. The van der Waals surface area contributed by atoms with E-state index in [4.69, 9.17) is 5.73 Å². The van der Waals surface area contributed by atoms with Crippen molar-refractivity contribution in [2.75, 3.05) is 12.3 Å². The molecule has 0 saturated carbocycles. The van der Waals surface area contributed by atoms with Crippen LogP contribution in [-0.4, -0.2) is 29.4 Å². The molecular formula is C6H11N3OS. The van der Waals surface area contributed by atoms with E-state index in [0.29, 0.717) is 17.5 Å². The fraction of sp³-hybridized carbons (Fsp3) is 0.667. The lowest BCUT2D eigenvalue weighted by atomic mass is 10.3. The zero-order chi connectivity index (χ0) is 8.27. The number of aliphatic imine (C=N–C) groups is 1. The number of carbonyl (C=O) groups excluding carboxylic acids is 1. The monoisotopic (exact) mass is 173 g/mol. The minimum absolute atomic E-state index is 0.0274. The number of likely N-dealkylation sites (N-methyl/N-ethyl adjacent to an activating group) is 1. The van der Waals surface area contributed by atoms with Crippen LogP contribution in [0.2, 0.25) is 0 Å². The maximum atomic E-state index is 11.1. The van der Waals surface area contributed by atoms with E-state index in [1.54, 1.807) is 0 Å². The Labute approximate surface area is 69.6 Å². The quantitative estimate of drug-likeness (QED) is 0.594. The van der Waals surface area contributed by atoms with Gasteiger partial charge in [0.15, 0.2) is 5.17 Å². The third-order valence-electron chi connectivity index (χ3n) is 1.33. The minimum Gasteiger partial charge on any atom is -0.379 e. The van der Waals surface area contributed by atoms with Gasteiger partial charge >= 0.3 is 0 Å². The van der Waals surface area contributed by atoms with Crippen molar-refractivity contribution in [1.29, 1.82) is 0 Å². The molecule has 0 aromatic heterocycles. The van der Waals surface area contributed by atoms with Gasteiger partial charge in [-0.25, -0.2) is 4.99 Å². The topological polar surface area (TPSA) is 67.5 Å². The van der Waals surface area contributed by atoms with Crippen molar-refractivity contribution < 1.29 is 4.79 Å². The molecule has 3 N–H and O–H groups in total. The molecule has 5 heteroatoms. The number of nitrogens with one attached hydrogen (secondary N) is 1. The fourth-order valence-corrected chi connectivity index (χ4v) is 1.58. The van der Waals surface area contributed by atoms with E-state index >= 15 is 0 Å². The molecule has 0 spiro atoms. The van der Waals surface area contributed by atoms with Crippen molar-refractivity contribution >= 4 is 22.8 Å². The van der Waals surface area contributed by atoms with Crippen molar-refractivity contribution in [3.8, 4) is 0 Å². The number of amides is 1. The van der Waals surface area contributed by atoms with Crippen LogP contribution in [-0.2, 0) is 4.79 Å². The maximum Gasteiger partial charge on any atom is 0.245 e. The summed E-state index contributed by atoms with van der Waals surface area (Å²) in [5.41, 5.74) is 5.39. The van der Waals surface area contributed by atoms with Gasteiger partial charge in [0, 0.05) is 12.3 Å². The molecule has 1 atom stereocenters. The first-order valence-corrected chi connectivity index (χ1v) is 4.46. The maximum absolute atomic E-state index is 11.1. The van der Waals surface area contributed by atoms with Crippen LogP contribution in [0.5, 0.6) is 0 Å². The Balaban J connectivity index is 2.43. The van der Waals surface area contributed by atoms with Crippen molar-refractivity contribution in [1.82, 2.24) is 5.32 Å². The van der Waals surface area contributed by atoms with Crippen LogP contribution < -0.4 is 11.1 Å². The number of rotatable bonds is 2. The van der Waals surface area contributed by atoms with Crippen LogP contribution in [0.15, 0.2) is 4.99 Å². The molecule has 4 nitrogen and oxygen atoms in total. The second-order valence-corrected chi connectivity index (χ2v) is 3.23. The highest BCUT2D eigenvalue weighted by molar-refractivity contribution is 8.14. The first-order chi connectivity index (χ1) is 5.24. The zero-order valence-electron chi connectivity index (χ0n) is 6.33. The van der Waals surface area contributed by atoms with E-state index < -0.39 is 0 Å². The van der Waals surface area contributed by atoms with E-state index in [9.17, 15) is 4.79 Å². The van der Waals surface area contributed by atoms with Gasteiger partial charge in [0.2, 0.25) is 5.91 Å². The van der Waals surface area contributed by atoms with Crippen molar-refractivity contribution in [3.05, 3.63) is 0 Å². The third kappa shape index (κ3) is 2.11. The van der Waals surface area contributed by atoms with Gasteiger partial charge in [0.05, 0.1) is 0 Å². The summed E-state index contributed by atoms with van der Waals surface area (Å²) in [6, 6.07) is -0.264. The highest BCUT2D eigenvalue weighted by Gasteiger charge is 2.22. The molecule has 1 unspecified atom stereocenters. The Kier molecular flexibility index (Phi) is 2.76. The van der Waals surface area contributed by atoms with E-state index in [-0.39, 0.29) is 11.9 Å². The van der Waals surface area contributed by atoms with Gasteiger partial charge in [-0.1, -0.05) is 11.8 Å². The molecular weight excluding hydrogens is 162 g/mol. The van der Waals surface area contributed by atoms with Crippen LogP contribution >= 0.6 is 11.8 Å². The van der Waals surface area contributed by atoms with E-state index in [1.807, 2.05) is 6.92 Å². The van der Waals surface area contributed by atoms with Crippen LogP contribution in [0.1, 0.15) is 6.92 Å². The fourth-order valence-electron chi connectivity index (χ4n) is 0.819. The predicted octanol–water partition coefficient (Wildman–Crippen LogP) is -0.447. The van der Waals surface area contributed by atoms with Gasteiger partial charge < -0.3 is 11.1 Å². The lowest BCUT2D eigenvalue weighted by Gasteiger charge is -2.04. The minimum atomic E-state index is -0.264. The Morgan fingerprint density at radius 1 is 2.00 bits per heavy atom. The molecule has 0 saturated heterocycles. The molecule has 62 valence electrons. The van der Waals surface area contributed by atoms with Crippen molar-refractivity contribution in [3.63, 3.8) is 0 Å². The summed E-state index contributed by atoms with van der Waals surface area (Å²) in [5.74, 6) is 0.651. The molecule has 1 amide bonds. The van der Waals surface area contributed by atoms with E-state index in [2.05, 4.69) is 10.3 Å². The largest absolute Gasteiger partial charge is 0.379 e. The third-order valence-corrected chi connectivity index (χ3v) is 2.21. The molecule has 0 radical (unpaired) electrons. The number of hydrogen-bond acceptors (Lipinski definition) is 4. The summed E-state index contributed by atoms with van der Waals surface area (Å²) in [6.07, 6.45) is 0. The zero-order valence-corrected chi connectivity index (χ0v) is 7.15. The number of nitrogens with two attached hydrogens (primary N) is 1. The van der Waals surface area contributed by atoms with Crippen LogP contribution in [0.4, 0.5) is 0 Å². The summed E-state index contributed by atoms with van der Waals surface area (Å²) >= 11 is 1.43. The molecule has 0 aromatic rings. The Morgan fingerprint density at radius 2 is 2.73 bits per heavy atom. The normalized spacial score (nSPS) is 23.0. The summed E-state index contributed by atoms with van der Waals surface area (Å²) in [4.78, 5) is 15.1. The van der Waals surface area contributed by atoms with Crippen LogP contribution in [0.25, 0.3) is 0 Å². The predicted molar refractivity (Wildman–Crippen MR) is 46.6 cm³/mol. The Bertz CT molecular complexity index is 192. The SMILES string of the molecule is CCNC(=O)C1CSC(N)=N1. The van der Waals surface area contributed by atoms with Gasteiger partial charge in [0.25, 0.3) is 0 Å². The smallest absolute Gasteiger partial charge is 0.245 e. The summed E-state index contributed by atoms with van der Waals surface area (Å²) in [5, 5.41) is 3.21. The molecule has 0 aromatic carbocycles. The lowest BCUT2D eigenvalue weighted by molar-refractivity contribution is -0.121. The van der Waals surface area contributed by atoms with E-state index in [0.717, 1.165) is 0 Å². The summed E-state index contributed by atoms with van der Waals surface area (Å²) in [7, 11) is 0. The van der Waals surface area contributed by atoms with Gasteiger partial charge in [-0.2, -0.15) is 0 Å². The van der Waals surface area contributed by atoms with Crippen molar-refractivity contribution in [2.24, 2.45) is 10.7 Å². The Hall–Kier alpha value is -0.710. The number of thioether (sulfide) groups is 1. The molecule has 1 aliphatic heterocycles. The number of nitrogens with zero attached hydrogens (tertiary/aromatic N) is 1.